The van der Waals surface area contributed by atoms with Gasteiger partial charge in [0, 0.05) is 12.6 Å². The molecule has 1 aliphatic carbocycles. The van der Waals surface area contributed by atoms with E-state index in [0.29, 0.717) is 18.2 Å². The van der Waals surface area contributed by atoms with Gasteiger partial charge < -0.3 is 5.32 Å². The Labute approximate surface area is 114 Å². The normalized spacial score (nSPS) is 26.9. The number of hydrogen-bond donors (Lipinski definition) is 1. The third-order valence-electron chi connectivity index (χ3n) is 3.95. The van der Waals surface area contributed by atoms with Crippen LogP contribution in [-0.2, 0) is 6.54 Å². The van der Waals surface area contributed by atoms with Gasteiger partial charge in [0.2, 0.25) is 0 Å². The van der Waals surface area contributed by atoms with E-state index in [1.165, 1.54) is 31.4 Å². The maximum Gasteiger partial charge on any atom is 0.123 e. The van der Waals surface area contributed by atoms with Gasteiger partial charge in [-0.1, -0.05) is 13.8 Å². The summed E-state index contributed by atoms with van der Waals surface area (Å²) in [7, 11) is 0. The Morgan fingerprint density at radius 3 is 2.58 bits per heavy atom. The molecule has 2 unspecified atom stereocenters. The number of halogens is 1. The Hall–Kier alpha value is -1.40. The van der Waals surface area contributed by atoms with Crippen molar-refractivity contribution in [2.45, 2.75) is 45.7 Å². The van der Waals surface area contributed by atoms with E-state index in [-0.39, 0.29) is 5.82 Å². The molecular weight excluding hydrogens is 239 g/mol. The fourth-order valence-electron chi connectivity index (χ4n) is 3.19. The lowest BCUT2D eigenvalue weighted by Gasteiger charge is -2.32. The van der Waals surface area contributed by atoms with Gasteiger partial charge in [-0.15, -0.1) is 0 Å². The zero-order valence-corrected chi connectivity index (χ0v) is 11.6. The molecule has 0 radical (unpaired) electrons. The van der Waals surface area contributed by atoms with Crippen LogP contribution in [-0.4, -0.2) is 6.04 Å². The number of nitriles is 1. The fourth-order valence-corrected chi connectivity index (χ4v) is 3.19. The Morgan fingerprint density at radius 1 is 1.26 bits per heavy atom. The summed E-state index contributed by atoms with van der Waals surface area (Å²) in [5, 5.41) is 12.5. The van der Waals surface area contributed by atoms with Gasteiger partial charge in [-0.3, -0.25) is 0 Å². The summed E-state index contributed by atoms with van der Waals surface area (Å²) < 4.78 is 13.2. The van der Waals surface area contributed by atoms with Crippen molar-refractivity contribution >= 4 is 0 Å². The van der Waals surface area contributed by atoms with E-state index in [1.54, 1.807) is 6.07 Å². The SMILES string of the molecule is CC1CC(C)CC(NCc2cc(F)ccc2C#N)C1. The van der Waals surface area contributed by atoms with Crippen LogP contribution in [0.2, 0.25) is 0 Å². The molecule has 0 heterocycles. The summed E-state index contributed by atoms with van der Waals surface area (Å²) >= 11 is 0. The van der Waals surface area contributed by atoms with Crippen LogP contribution in [0.3, 0.4) is 0 Å². The van der Waals surface area contributed by atoms with Gasteiger partial charge in [-0.05, 0) is 54.9 Å². The second-order valence-electron chi connectivity index (χ2n) is 5.91. The molecule has 0 saturated heterocycles. The maximum absolute atomic E-state index is 13.2. The third kappa shape index (κ3) is 3.78. The third-order valence-corrected chi connectivity index (χ3v) is 3.95. The van der Waals surface area contributed by atoms with E-state index in [2.05, 4.69) is 25.2 Å². The van der Waals surface area contributed by atoms with Crippen LogP contribution in [0, 0.1) is 29.0 Å². The van der Waals surface area contributed by atoms with Crippen LogP contribution in [0.5, 0.6) is 0 Å². The van der Waals surface area contributed by atoms with E-state index in [4.69, 9.17) is 5.26 Å². The van der Waals surface area contributed by atoms with Crippen molar-refractivity contribution in [3.8, 4) is 6.07 Å². The molecule has 2 atom stereocenters. The Bertz CT molecular complexity index is 468. The summed E-state index contributed by atoms with van der Waals surface area (Å²) in [5.41, 5.74) is 1.32. The lowest BCUT2D eigenvalue weighted by atomic mass is 9.80. The van der Waals surface area contributed by atoms with Crippen molar-refractivity contribution in [2.75, 3.05) is 0 Å². The molecule has 2 rings (SSSR count). The van der Waals surface area contributed by atoms with Crippen molar-refractivity contribution in [2.24, 2.45) is 11.8 Å². The Morgan fingerprint density at radius 2 is 1.95 bits per heavy atom. The highest BCUT2D eigenvalue weighted by atomic mass is 19.1. The summed E-state index contributed by atoms with van der Waals surface area (Å²) in [6.45, 7) is 5.14. The fraction of sp³-hybridized carbons (Fsp3) is 0.562. The molecule has 1 N–H and O–H groups in total. The number of nitrogens with one attached hydrogen (secondary N) is 1. The van der Waals surface area contributed by atoms with Gasteiger partial charge in [-0.25, -0.2) is 4.39 Å². The van der Waals surface area contributed by atoms with Gasteiger partial charge in [0.25, 0.3) is 0 Å². The monoisotopic (exact) mass is 260 g/mol. The highest BCUT2D eigenvalue weighted by Gasteiger charge is 2.23. The van der Waals surface area contributed by atoms with Crippen LogP contribution in [0.25, 0.3) is 0 Å². The quantitative estimate of drug-likeness (QED) is 0.901. The second kappa shape index (κ2) is 6.16. The van der Waals surface area contributed by atoms with E-state index in [9.17, 15) is 4.39 Å². The second-order valence-corrected chi connectivity index (χ2v) is 5.91. The number of rotatable bonds is 3. The molecule has 0 amide bonds. The van der Waals surface area contributed by atoms with Crippen molar-refractivity contribution < 1.29 is 4.39 Å². The molecule has 0 bridgehead atoms. The average Bonchev–Trinajstić information content (AvgIpc) is 2.35. The molecule has 3 heteroatoms. The van der Waals surface area contributed by atoms with Crippen LogP contribution >= 0.6 is 0 Å². The first-order valence-corrected chi connectivity index (χ1v) is 7.00. The molecular formula is C16H21FN2. The van der Waals surface area contributed by atoms with E-state index in [1.807, 2.05) is 0 Å². The molecule has 19 heavy (non-hydrogen) atoms. The highest BCUT2D eigenvalue weighted by Crippen LogP contribution is 2.28. The molecule has 0 aromatic heterocycles. The molecule has 102 valence electrons. The summed E-state index contributed by atoms with van der Waals surface area (Å²) in [5.74, 6) is 1.20. The van der Waals surface area contributed by atoms with Crippen LogP contribution in [0.15, 0.2) is 18.2 Å². The summed E-state index contributed by atoms with van der Waals surface area (Å²) in [4.78, 5) is 0. The van der Waals surface area contributed by atoms with Crippen molar-refractivity contribution in [3.05, 3.63) is 35.1 Å². The minimum absolute atomic E-state index is 0.277. The topological polar surface area (TPSA) is 35.8 Å². The molecule has 0 spiro atoms. The average molecular weight is 260 g/mol. The molecule has 1 fully saturated rings. The minimum Gasteiger partial charge on any atom is -0.310 e. The Kier molecular flexibility index (Phi) is 4.55. The maximum atomic E-state index is 13.2. The summed E-state index contributed by atoms with van der Waals surface area (Å²) in [6.07, 6.45) is 3.63. The summed E-state index contributed by atoms with van der Waals surface area (Å²) in [6, 6.07) is 6.96. The first-order chi connectivity index (χ1) is 9.08. The zero-order chi connectivity index (χ0) is 13.8. The van der Waals surface area contributed by atoms with E-state index < -0.39 is 0 Å². The standard InChI is InChI=1S/C16H21FN2/c1-11-5-12(2)7-16(6-11)19-10-14-8-15(17)4-3-13(14)9-18/h3-4,8,11-12,16,19H,5-7,10H2,1-2H3. The molecule has 1 aliphatic rings. The number of nitrogens with zero attached hydrogens (tertiary/aromatic N) is 1. The number of hydrogen-bond acceptors (Lipinski definition) is 2. The van der Waals surface area contributed by atoms with Gasteiger partial charge >= 0.3 is 0 Å². The molecule has 1 saturated carbocycles. The first kappa shape index (κ1) is 14.0. The van der Waals surface area contributed by atoms with Crippen LogP contribution < -0.4 is 5.32 Å². The van der Waals surface area contributed by atoms with Crippen LogP contribution in [0.4, 0.5) is 4.39 Å². The highest BCUT2D eigenvalue weighted by molar-refractivity contribution is 5.37. The largest absolute Gasteiger partial charge is 0.310 e. The first-order valence-electron chi connectivity index (χ1n) is 7.00. The zero-order valence-electron chi connectivity index (χ0n) is 11.6. The molecule has 0 aliphatic heterocycles. The van der Waals surface area contributed by atoms with Gasteiger partial charge in [-0.2, -0.15) is 5.26 Å². The molecule has 2 nitrogen and oxygen atoms in total. The predicted octanol–water partition coefficient (Wildman–Crippen LogP) is 3.61. The van der Waals surface area contributed by atoms with Gasteiger partial charge in [0.05, 0.1) is 11.6 Å². The lowest BCUT2D eigenvalue weighted by molar-refractivity contribution is 0.238. The Balaban J connectivity index is 1.99. The van der Waals surface area contributed by atoms with Crippen molar-refractivity contribution in [3.63, 3.8) is 0 Å². The van der Waals surface area contributed by atoms with Gasteiger partial charge in [0.15, 0.2) is 0 Å². The lowest BCUT2D eigenvalue weighted by Crippen LogP contribution is -2.36. The van der Waals surface area contributed by atoms with Gasteiger partial charge in [0.1, 0.15) is 5.82 Å². The molecule has 1 aromatic rings. The minimum atomic E-state index is -0.277. The van der Waals surface area contributed by atoms with E-state index in [0.717, 1.165) is 17.4 Å². The molecule has 1 aromatic carbocycles. The van der Waals surface area contributed by atoms with Crippen molar-refractivity contribution in [1.82, 2.24) is 5.32 Å². The van der Waals surface area contributed by atoms with Crippen molar-refractivity contribution in [1.29, 1.82) is 5.26 Å². The predicted molar refractivity (Wildman–Crippen MR) is 73.9 cm³/mol. The number of benzene rings is 1. The van der Waals surface area contributed by atoms with Crippen LogP contribution in [0.1, 0.15) is 44.2 Å². The smallest absolute Gasteiger partial charge is 0.123 e. The van der Waals surface area contributed by atoms with E-state index >= 15 is 0 Å².